The Labute approximate surface area is 159 Å². The SMILES string of the molecule is CCn1cccc1-c1noc(CNC(=O)c2cc(-c3cccs3)nn2C)n1. The highest BCUT2D eigenvalue weighted by Gasteiger charge is 2.17. The molecular weight excluding hydrogens is 364 g/mol. The minimum atomic E-state index is -0.246. The quantitative estimate of drug-likeness (QED) is 0.554. The molecule has 0 radical (unpaired) electrons. The van der Waals surface area contributed by atoms with E-state index in [1.807, 2.05) is 47.3 Å². The van der Waals surface area contributed by atoms with E-state index in [-0.39, 0.29) is 12.5 Å². The van der Waals surface area contributed by atoms with Crippen LogP contribution in [0.4, 0.5) is 0 Å². The summed E-state index contributed by atoms with van der Waals surface area (Å²) < 4.78 is 8.85. The fourth-order valence-electron chi connectivity index (χ4n) is 2.79. The Morgan fingerprint density at radius 3 is 3.00 bits per heavy atom. The summed E-state index contributed by atoms with van der Waals surface area (Å²) in [5, 5.41) is 13.2. The molecule has 4 heterocycles. The summed E-state index contributed by atoms with van der Waals surface area (Å²) in [5.74, 6) is 0.610. The standard InChI is InChI=1S/C18H18N6O2S/c1-3-24-8-4-6-13(24)17-20-16(26-22-17)11-19-18(25)14-10-12(21-23(14)2)15-7-5-9-27-15/h4-10H,3,11H2,1-2H3,(H,19,25). The van der Waals surface area contributed by atoms with Crippen molar-refractivity contribution in [3.8, 4) is 22.1 Å². The van der Waals surface area contributed by atoms with E-state index >= 15 is 0 Å². The van der Waals surface area contributed by atoms with E-state index in [0.717, 1.165) is 22.8 Å². The lowest BCUT2D eigenvalue weighted by Crippen LogP contribution is -2.25. The first-order valence-corrected chi connectivity index (χ1v) is 9.38. The van der Waals surface area contributed by atoms with Gasteiger partial charge in [-0.15, -0.1) is 11.3 Å². The molecule has 8 nitrogen and oxygen atoms in total. The molecule has 0 bridgehead atoms. The highest BCUT2D eigenvalue weighted by Crippen LogP contribution is 2.24. The van der Waals surface area contributed by atoms with Crippen LogP contribution in [0.3, 0.4) is 0 Å². The van der Waals surface area contributed by atoms with Crippen LogP contribution in [0.2, 0.25) is 0 Å². The van der Waals surface area contributed by atoms with Crippen LogP contribution in [-0.4, -0.2) is 30.4 Å². The molecule has 0 aromatic carbocycles. The Morgan fingerprint density at radius 2 is 2.22 bits per heavy atom. The Kier molecular flexibility index (Phi) is 4.59. The zero-order chi connectivity index (χ0) is 18.8. The number of nitrogens with one attached hydrogen (secondary N) is 1. The van der Waals surface area contributed by atoms with Crippen molar-refractivity contribution in [2.45, 2.75) is 20.0 Å². The molecule has 0 spiro atoms. The molecule has 9 heteroatoms. The van der Waals surface area contributed by atoms with Crippen molar-refractivity contribution in [3.63, 3.8) is 0 Å². The number of aromatic nitrogens is 5. The smallest absolute Gasteiger partial charge is 0.269 e. The normalized spacial score (nSPS) is 11.0. The number of hydrogen-bond acceptors (Lipinski definition) is 6. The van der Waals surface area contributed by atoms with Crippen LogP contribution in [0.5, 0.6) is 0 Å². The van der Waals surface area contributed by atoms with Gasteiger partial charge in [0, 0.05) is 19.8 Å². The van der Waals surface area contributed by atoms with Gasteiger partial charge in [0.2, 0.25) is 11.7 Å². The Bertz CT molecular complexity index is 1060. The highest BCUT2D eigenvalue weighted by molar-refractivity contribution is 7.13. The van der Waals surface area contributed by atoms with Crippen molar-refractivity contribution in [1.29, 1.82) is 0 Å². The first-order valence-electron chi connectivity index (χ1n) is 8.50. The molecule has 4 aromatic heterocycles. The van der Waals surface area contributed by atoms with Gasteiger partial charge in [-0.25, -0.2) is 0 Å². The lowest BCUT2D eigenvalue weighted by Gasteiger charge is -2.02. The van der Waals surface area contributed by atoms with Crippen LogP contribution in [0, 0.1) is 0 Å². The summed E-state index contributed by atoms with van der Waals surface area (Å²) in [6, 6.07) is 9.56. The number of carbonyl (C=O) groups is 1. The number of rotatable bonds is 6. The van der Waals surface area contributed by atoms with Crippen LogP contribution in [-0.2, 0) is 20.1 Å². The van der Waals surface area contributed by atoms with Crippen molar-refractivity contribution >= 4 is 17.2 Å². The lowest BCUT2D eigenvalue weighted by molar-refractivity contribution is 0.0937. The van der Waals surface area contributed by atoms with Crippen molar-refractivity contribution in [1.82, 2.24) is 29.8 Å². The first-order chi connectivity index (χ1) is 13.2. The molecule has 1 amide bonds. The van der Waals surface area contributed by atoms with Crippen LogP contribution < -0.4 is 5.32 Å². The van der Waals surface area contributed by atoms with Gasteiger partial charge in [0.05, 0.1) is 17.1 Å². The molecule has 4 aromatic rings. The largest absolute Gasteiger partial charge is 0.345 e. The molecule has 138 valence electrons. The Balaban J connectivity index is 1.44. The summed E-state index contributed by atoms with van der Waals surface area (Å²) >= 11 is 1.58. The molecule has 1 N–H and O–H groups in total. The van der Waals surface area contributed by atoms with Crippen LogP contribution >= 0.6 is 11.3 Å². The molecule has 27 heavy (non-hydrogen) atoms. The first kappa shape index (κ1) is 17.2. The number of aryl methyl sites for hydroxylation is 2. The summed E-state index contributed by atoms with van der Waals surface area (Å²) in [7, 11) is 1.75. The fraction of sp³-hybridized carbons (Fsp3) is 0.222. The number of hydrogen-bond donors (Lipinski definition) is 1. The van der Waals surface area contributed by atoms with Gasteiger partial charge in [-0.1, -0.05) is 11.2 Å². The van der Waals surface area contributed by atoms with E-state index in [2.05, 4.69) is 20.6 Å². The van der Waals surface area contributed by atoms with Gasteiger partial charge in [-0.05, 0) is 36.6 Å². The van der Waals surface area contributed by atoms with Gasteiger partial charge in [0.25, 0.3) is 5.91 Å². The van der Waals surface area contributed by atoms with Crippen molar-refractivity contribution in [2.75, 3.05) is 0 Å². The maximum Gasteiger partial charge on any atom is 0.269 e. The third kappa shape index (κ3) is 3.41. The van der Waals surface area contributed by atoms with Crippen LogP contribution in [0.1, 0.15) is 23.3 Å². The van der Waals surface area contributed by atoms with Crippen LogP contribution in [0.15, 0.2) is 46.4 Å². The van der Waals surface area contributed by atoms with Gasteiger partial charge < -0.3 is 14.4 Å². The van der Waals surface area contributed by atoms with E-state index in [4.69, 9.17) is 4.52 Å². The molecule has 0 saturated carbocycles. The second-order valence-corrected chi connectivity index (χ2v) is 6.84. The maximum atomic E-state index is 12.5. The van der Waals surface area contributed by atoms with E-state index in [1.165, 1.54) is 0 Å². The van der Waals surface area contributed by atoms with Crippen molar-refractivity contribution in [2.24, 2.45) is 7.05 Å². The average molecular weight is 382 g/mol. The van der Waals surface area contributed by atoms with E-state index in [9.17, 15) is 4.79 Å². The van der Waals surface area contributed by atoms with Gasteiger partial charge in [-0.2, -0.15) is 10.1 Å². The minimum absolute atomic E-state index is 0.151. The number of amides is 1. The number of thiophene rings is 1. The molecule has 0 aliphatic rings. The number of carbonyl (C=O) groups excluding carboxylic acids is 1. The van der Waals surface area contributed by atoms with Crippen LogP contribution in [0.25, 0.3) is 22.1 Å². The second kappa shape index (κ2) is 7.20. The summed E-state index contributed by atoms with van der Waals surface area (Å²) in [6.45, 7) is 3.01. The predicted octanol–water partition coefficient (Wildman–Crippen LogP) is 2.95. The summed E-state index contributed by atoms with van der Waals surface area (Å²) in [6.07, 6.45) is 1.96. The maximum absolute atomic E-state index is 12.5. The van der Waals surface area contributed by atoms with E-state index < -0.39 is 0 Å². The zero-order valence-corrected chi connectivity index (χ0v) is 15.7. The number of nitrogens with zero attached hydrogens (tertiary/aromatic N) is 5. The van der Waals surface area contributed by atoms with Gasteiger partial charge in [0.1, 0.15) is 11.4 Å². The molecule has 0 aliphatic carbocycles. The highest BCUT2D eigenvalue weighted by atomic mass is 32.1. The third-order valence-electron chi connectivity index (χ3n) is 4.15. The Hall–Kier alpha value is -3.20. The monoisotopic (exact) mass is 382 g/mol. The summed E-state index contributed by atoms with van der Waals surface area (Å²) in [5.41, 5.74) is 2.13. The molecule has 0 atom stereocenters. The Morgan fingerprint density at radius 1 is 1.33 bits per heavy atom. The molecule has 0 fully saturated rings. The van der Waals surface area contributed by atoms with E-state index in [0.29, 0.717) is 17.4 Å². The third-order valence-corrected chi connectivity index (χ3v) is 5.05. The minimum Gasteiger partial charge on any atom is -0.345 e. The molecule has 0 unspecified atom stereocenters. The van der Waals surface area contributed by atoms with Gasteiger partial charge >= 0.3 is 0 Å². The topological polar surface area (TPSA) is 90.8 Å². The average Bonchev–Trinajstić information content (AvgIpc) is 3.45. The zero-order valence-electron chi connectivity index (χ0n) is 14.9. The second-order valence-electron chi connectivity index (χ2n) is 5.89. The molecule has 0 aliphatic heterocycles. The predicted molar refractivity (Wildman–Crippen MR) is 101 cm³/mol. The molecular formula is C18H18N6O2S. The van der Waals surface area contributed by atoms with Crippen molar-refractivity contribution < 1.29 is 9.32 Å². The van der Waals surface area contributed by atoms with Crippen molar-refractivity contribution in [3.05, 3.63) is 53.5 Å². The van der Waals surface area contributed by atoms with E-state index in [1.54, 1.807) is 29.1 Å². The lowest BCUT2D eigenvalue weighted by atomic mass is 10.3. The molecule has 4 rings (SSSR count). The van der Waals surface area contributed by atoms with Gasteiger partial charge in [-0.3, -0.25) is 9.48 Å². The fourth-order valence-corrected chi connectivity index (χ4v) is 3.48. The van der Waals surface area contributed by atoms with Gasteiger partial charge in [0.15, 0.2) is 0 Å². The summed E-state index contributed by atoms with van der Waals surface area (Å²) in [4.78, 5) is 17.9. The molecule has 0 saturated heterocycles.